The summed E-state index contributed by atoms with van der Waals surface area (Å²) in [6.45, 7) is 4.84. The van der Waals surface area contributed by atoms with Crippen LogP contribution in [0, 0.1) is 11.3 Å². The van der Waals surface area contributed by atoms with E-state index < -0.39 is 0 Å². The Morgan fingerprint density at radius 1 is 1.09 bits per heavy atom. The molecule has 178 valence electrons. The Kier molecular flexibility index (Phi) is 6.79. The van der Waals surface area contributed by atoms with E-state index in [1.165, 1.54) is 21.9 Å². The van der Waals surface area contributed by atoms with Gasteiger partial charge in [-0.15, -0.1) is 10.2 Å². The van der Waals surface area contributed by atoms with Crippen LogP contribution in [0.25, 0.3) is 16.6 Å². The van der Waals surface area contributed by atoms with Crippen molar-refractivity contribution in [2.24, 2.45) is 0 Å². The Morgan fingerprint density at radius 3 is 2.66 bits per heavy atom. The fraction of sp³-hybridized carbons (Fsp3) is 0.320. The van der Waals surface area contributed by atoms with Crippen LogP contribution in [0.5, 0.6) is 0 Å². The fourth-order valence-corrected chi connectivity index (χ4v) is 5.14. The number of aromatic nitrogens is 5. The number of nitriles is 1. The van der Waals surface area contributed by atoms with Crippen LogP contribution in [0.3, 0.4) is 0 Å². The first-order valence-electron chi connectivity index (χ1n) is 11.6. The van der Waals surface area contributed by atoms with Gasteiger partial charge in [-0.1, -0.05) is 49.0 Å². The number of nitrogens with zero attached hydrogens (tertiary/aromatic N) is 7. The van der Waals surface area contributed by atoms with Crippen molar-refractivity contribution in [2.45, 2.75) is 30.8 Å². The highest BCUT2D eigenvalue weighted by molar-refractivity contribution is 7.98. The first kappa shape index (κ1) is 23.1. The van der Waals surface area contributed by atoms with Crippen molar-refractivity contribution in [1.29, 1.82) is 5.26 Å². The maximum absolute atomic E-state index is 13.0. The first-order valence-corrected chi connectivity index (χ1v) is 12.5. The Balaban J connectivity index is 1.56. The summed E-state index contributed by atoms with van der Waals surface area (Å²) in [6, 6.07) is 17.5. The van der Waals surface area contributed by atoms with Gasteiger partial charge in [-0.05, 0) is 30.2 Å². The summed E-state index contributed by atoms with van der Waals surface area (Å²) in [4.78, 5) is 19.9. The Morgan fingerprint density at radius 2 is 1.86 bits per heavy atom. The molecule has 2 aromatic heterocycles. The molecule has 0 atom stereocenters. The average molecular weight is 488 g/mol. The van der Waals surface area contributed by atoms with Crippen LogP contribution in [0.1, 0.15) is 18.3 Å². The Hall–Kier alpha value is -3.68. The van der Waals surface area contributed by atoms with Gasteiger partial charge in [-0.3, -0.25) is 13.9 Å². The largest absolute Gasteiger partial charge is 0.378 e. The molecule has 5 rings (SSSR count). The van der Waals surface area contributed by atoms with Crippen molar-refractivity contribution >= 4 is 28.6 Å². The molecule has 1 saturated heterocycles. The first-order chi connectivity index (χ1) is 17.2. The van der Waals surface area contributed by atoms with Crippen molar-refractivity contribution in [3.05, 3.63) is 70.3 Å². The monoisotopic (exact) mass is 487 g/mol. The highest BCUT2D eigenvalue weighted by Gasteiger charge is 2.23. The third-order valence-electron chi connectivity index (χ3n) is 6.02. The number of thioether (sulfide) groups is 1. The fourth-order valence-electron chi connectivity index (χ4n) is 4.25. The summed E-state index contributed by atoms with van der Waals surface area (Å²) < 4.78 is 9.06. The molecule has 2 aromatic carbocycles. The standard InChI is InChI=1S/C25H25N7O2S/c1-2-18-7-3-6-10-21(18)32-24(30-13-15-34-16-14-30)28-29-25(32)35-17-22-27-20-9-5-4-8-19(20)23(33)31(22)12-11-26/h3-10H,2,12-17H2,1H3. The number of hydrogen-bond acceptors (Lipinski definition) is 8. The number of ether oxygens (including phenoxy) is 1. The Bertz CT molecular complexity index is 1450. The summed E-state index contributed by atoms with van der Waals surface area (Å²) >= 11 is 1.46. The van der Waals surface area contributed by atoms with Crippen LogP contribution >= 0.6 is 11.8 Å². The zero-order valence-corrected chi connectivity index (χ0v) is 20.2. The van der Waals surface area contributed by atoms with E-state index in [1.807, 2.05) is 24.3 Å². The third-order valence-corrected chi connectivity index (χ3v) is 6.95. The molecule has 0 bridgehead atoms. The SMILES string of the molecule is CCc1ccccc1-n1c(SCc2nc3ccccc3c(=O)n2CC#N)nnc1N1CCOCC1. The van der Waals surface area contributed by atoms with Gasteiger partial charge in [-0.25, -0.2) is 4.98 Å². The highest BCUT2D eigenvalue weighted by Crippen LogP contribution is 2.30. The lowest BCUT2D eigenvalue weighted by Crippen LogP contribution is -2.38. The van der Waals surface area contributed by atoms with E-state index in [2.05, 4.69) is 44.8 Å². The van der Waals surface area contributed by atoms with Crippen molar-refractivity contribution in [3.63, 3.8) is 0 Å². The van der Waals surface area contributed by atoms with Gasteiger partial charge in [0.2, 0.25) is 5.95 Å². The van der Waals surface area contributed by atoms with Gasteiger partial charge in [0.05, 0.1) is 41.6 Å². The molecule has 4 aromatic rings. The molecule has 0 aliphatic carbocycles. The number of para-hydroxylation sites is 2. The lowest BCUT2D eigenvalue weighted by atomic mass is 10.1. The second kappa shape index (κ2) is 10.3. The predicted octanol–water partition coefficient (Wildman–Crippen LogP) is 3.19. The van der Waals surface area contributed by atoms with E-state index in [0.29, 0.717) is 40.9 Å². The maximum atomic E-state index is 13.0. The van der Waals surface area contributed by atoms with Crippen LogP contribution in [0.15, 0.2) is 58.5 Å². The number of anilines is 1. The minimum Gasteiger partial charge on any atom is -0.378 e. The quantitative estimate of drug-likeness (QED) is 0.366. The lowest BCUT2D eigenvalue weighted by molar-refractivity contribution is 0.122. The molecule has 10 heteroatoms. The zero-order chi connectivity index (χ0) is 24.2. The second-order valence-corrected chi connectivity index (χ2v) is 9.03. The number of hydrogen-bond donors (Lipinski definition) is 0. The summed E-state index contributed by atoms with van der Waals surface area (Å²) in [6.07, 6.45) is 0.870. The van der Waals surface area contributed by atoms with Crippen LogP contribution in [-0.2, 0) is 23.5 Å². The van der Waals surface area contributed by atoms with Crippen molar-refractivity contribution in [2.75, 3.05) is 31.2 Å². The van der Waals surface area contributed by atoms with Gasteiger partial charge >= 0.3 is 0 Å². The van der Waals surface area contributed by atoms with E-state index in [9.17, 15) is 10.1 Å². The summed E-state index contributed by atoms with van der Waals surface area (Å²) in [5, 5.41) is 19.6. The number of benzene rings is 2. The number of aryl methyl sites for hydroxylation is 1. The van der Waals surface area contributed by atoms with Crippen LogP contribution in [0.2, 0.25) is 0 Å². The van der Waals surface area contributed by atoms with Gasteiger partial charge in [0.25, 0.3) is 5.56 Å². The third kappa shape index (κ3) is 4.52. The molecule has 0 N–H and O–H groups in total. The van der Waals surface area contributed by atoms with Crippen molar-refractivity contribution in [3.8, 4) is 11.8 Å². The van der Waals surface area contributed by atoms with Crippen molar-refractivity contribution in [1.82, 2.24) is 24.3 Å². The van der Waals surface area contributed by atoms with E-state index in [-0.39, 0.29) is 12.1 Å². The van der Waals surface area contributed by atoms with Crippen LogP contribution in [0.4, 0.5) is 5.95 Å². The van der Waals surface area contributed by atoms with Crippen LogP contribution in [-0.4, -0.2) is 50.6 Å². The predicted molar refractivity (Wildman–Crippen MR) is 135 cm³/mol. The minimum atomic E-state index is -0.209. The molecule has 0 saturated carbocycles. The van der Waals surface area contributed by atoms with Crippen molar-refractivity contribution < 1.29 is 4.74 Å². The van der Waals surface area contributed by atoms with E-state index >= 15 is 0 Å². The smallest absolute Gasteiger partial charge is 0.262 e. The molecule has 0 spiro atoms. The highest BCUT2D eigenvalue weighted by atomic mass is 32.2. The Labute approximate surface area is 207 Å². The molecule has 1 aliphatic rings. The second-order valence-electron chi connectivity index (χ2n) is 8.08. The molecule has 0 unspecified atom stereocenters. The molecule has 1 fully saturated rings. The van der Waals surface area contributed by atoms with Gasteiger partial charge in [0, 0.05) is 13.1 Å². The molecular weight excluding hydrogens is 462 g/mol. The maximum Gasteiger partial charge on any atom is 0.262 e. The molecule has 3 heterocycles. The molecular formula is C25H25N7O2S. The lowest BCUT2D eigenvalue weighted by Gasteiger charge is -2.28. The molecule has 0 amide bonds. The summed E-state index contributed by atoms with van der Waals surface area (Å²) in [5.74, 6) is 1.68. The van der Waals surface area contributed by atoms with Gasteiger partial charge < -0.3 is 9.64 Å². The molecule has 9 nitrogen and oxygen atoms in total. The summed E-state index contributed by atoms with van der Waals surface area (Å²) in [7, 11) is 0. The van der Waals surface area contributed by atoms with Gasteiger partial charge in [0.1, 0.15) is 12.4 Å². The molecule has 35 heavy (non-hydrogen) atoms. The van der Waals surface area contributed by atoms with E-state index in [4.69, 9.17) is 9.72 Å². The van der Waals surface area contributed by atoms with Gasteiger partial charge in [-0.2, -0.15) is 5.26 Å². The normalized spacial score (nSPS) is 13.8. The van der Waals surface area contributed by atoms with Gasteiger partial charge in [0.15, 0.2) is 5.16 Å². The number of morpholine rings is 1. The van der Waals surface area contributed by atoms with Crippen LogP contribution < -0.4 is 10.5 Å². The summed E-state index contributed by atoms with van der Waals surface area (Å²) in [5.41, 5.74) is 2.63. The molecule has 0 radical (unpaired) electrons. The van der Waals surface area contributed by atoms with E-state index in [1.54, 1.807) is 12.1 Å². The average Bonchev–Trinajstić information content (AvgIpc) is 3.33. The number of rotatable bonds is 7. The van der Waals surface area contributed by atoms with E-state index in [0.717, 1.165) is 31.1 Å². The zero-order valence-electron chi connectivity index (χ0n) is 19.4. The molecule has 1 aliphatic heterocycles. The number of fused-ring (bicyclic) bond motifs is 1. The topological polar surface area (TPSA) is 102 Å². The minimum absolute atomic E-state index is 0.0586.